The molecule has 0 unspecified atom stereocenters. The zero-order chi connectivity index (χ0) is 17.3. The van der Waals surface area contributed by atoms with Gasteiger partial charge in [-0.15, -0.1) is 0 Å². The first-order valence-electron chi connectivity index (χ1n) is 7.63. The number of fused-ring (bicyclic) bond motifs is 1. The van der Waals surface area contributed by atoms with Gasteiger partial charge in [0.15, 0.2) is 0 Å². The van der Waals surface area contributed by atoms with Crippen molar-refractivity contribution in [3.05, 3.63) is 75.4 Å². The summed E-state index contributed by atoms with van der Waals surface area (Å²) < 4.78 is 19.0. The fraction of sp³-hybridized carbons (Fsp3) is 0.211. The molecule has 5 heteroatoms. The van der Waals surface area contributed by atoms with Gasteiger partial charge in [-0.3, -0.25) is 4.90 Å². The lowest BCUT2D eigenvalue weighted by Crippen LogP contribution is -2.19. The van der Waals surface area contributed by atoms with Gasteiger partial charge < -0.3 is 9.52 Å². The summed E-state index contributed by atoms with van der Waals surface area (Å²) in [6.45, 7) is 2.58. The Bertz CT molecular complexity index is 949. The van der Waals surface area contributed by atoms with Gasteiger partial charge in [-0.25, -0.2) is 9.18 Å². The minimum absolute atomic E-state index is 0.0857. The van der Waals surface area contributed by atoms with Crippen molar-refractivity contribution >= 4 is 11.0 Å². The number of halogens is 1. The van der Waals surface area contributed by atoms with E-state index in [2.05, 4.69) is 0 Å². The van der Waals surface area contributed by atoms with E-state index in [-0.39, 0.29) is 11.6 Å². The number of hydrogen-bond acceptors (Lipinski definition) is 4. The number of phenolic OH excluding ortho intramolecular Hbond substituents is 1. The molecule has 3 aromatic rings. The maximum absolute atomic E-state index is 13.8. The van der Waals surface area contributed by atoms with E-state index in [1.54, 1.807) is 37.3 Å². The summed E-state index contributed by atoms with van der Waals surface area (Å²) in [6.07, 6.45) is 0. The van der Waals surface area contributed by atoms with E-state index >= 15 is 0 Å². The van der Waals surface area contributed by atoms with E-state index < -0.39 is 5.63 Å². The van der Waals surface area contributed by atoms with Gasteiger partial charge in [-0.1, -0.05) is 18.2 Å². The second-order valence-electron chi connectivity index (χ2n) is 5.94. The summed E-state index contributed by atoms with van der Waals surface area (Å²) in [5.74, 6) is -0.162. The largest absolute Gasteiger partial charge is 0.508 e. The maximum atomic E-state index is 13.8. The third kappa shape index (κ3) is 3.16. The molecule has 0 aliphatic heterocycles. The fourth-order valence-corrected chi connectivity index (χ4v) is 2.81. The summed E-state index contributed by atoms with van der Waals surface area (Å²) in [5.41, 5.74) is 1.83. The van der Waals surface area contributed by atoms with Crippen molar-refractivity contribution in [3.63, 3.8) is 0 Å². The number of hydrogen-bond donors (Lipinski definition) is 1. The van der Waals surface area contributed by atoms with E-state index in [9.17, 15) is 14.3 Å². The SMILES string of the molecule is Cc1c(O)ccc2c(CN(C)Cc3ccccc3F)cc(=O)oc12. The Balaban J connectivity index is 1.94. The van der Waals surface area contributed by atoms with Crippen LogP contribution in [0.25, 0.3) is 11.0 Å². The lowest BCUT2D eigenvalue weighted by Gasteiger charge is -2.18. The molecule has 1 N–H and O–H groups in total. The van der Waals surface area contributed by atoms with Crippen LogP contribution in [0.3, 0.4) is 0 Å². The molecule has 0 atom stereocenters. The quantitative estimate of drug-likeness (QED) is 0.744. The molecule has 4 nitrogen and oxygen atoms in total. The normalized spacial score (nSPS) is 11.3. The second kappa shape index (κ2) is 6.45. The van der Waals surface area contributed by atoms with Gasteiger partial charge in [0.25, 0.3) is 0 Å². The average molecular weight is 327 g/mol. The van der Waals surface area contributed by atoms with Crippen LogP contribution in [0, 0.1) is 12.7 Å². The topological polar surface area (TPSA) is 53.7 Å². The Morgan fingerprint density at radius 3 is 2.58 bits per heavy atom. The Kier molecular flexibility index (Phi) is 4.36. The Morgan fingerprint density at radius 2 is 1.83 bits per heavy atom. The predicted octanol–water partition coefficient (Wildman–Crippen LogP) is 3.58. The van der Waals surface area contributed by atoms with Crippen molar-refractivity contribution in [2.75, 3.05) is 7.05 Å². The van der Waals surface area contributed by atoms with Gasteiger partial charge in [0.05, 0.1) is 0 Å². The molecule has 1 heterocycles. The molecule has 0 saturated heterocycles. The molecule has 0 spiro atoms. The monoisotopic (exact) mass is 327 g/mol. The number of aromatic hydroxyl groups is 1. The Morgan fingerprint density at radius 1 is 1.12 bits per heavy atom. The van der Waals surface area contributed by atoms with Crippen LogP contribution in [0.15, 0.2) is 51.7 Å². The molecule has 0 bridgehead atoms. The summed E-state index contributed by atoms with van der Waals surface area (Å²) in [4.78, 5) is 13.8. The molecule has 0 aliphatic carbocycles. The van der Waals surface area contributed by atoms with Gasteiger partial charge >= 0.3 is 5.63 Å². The number of rotatable bonds is 4. The van der Waals surface area contributed by atoms with Crippen LogP contribution in [-0.2, 0) is 13.1 Å². The predicted molar refractivity (Wildman–Crippen MR) is 90.5 cm³/mol. The highest BCUT2D eigenvalue weighted by Gasteiger charge is 2.13. The van der Waals surface area contributed by atoms with Crippen LogP contribution in [0.4, 0.5) is 4.39 Å². The van der Waals surface area contributed by atoms with Gasteiger partial charge in [-0.2, -0.15) is 0 Å². The van der Waals surface area contributed by atoms with Gasteiger partial charge in [0, 0.05) is 35.7 Å². The van der Waals surface area contributed by atoms with Gasteiger partial charge in [-0.05, 0) is 37.7 Å². The van der Waals surface area contributed by atoms with Crippen molar-refractivity contribution in [1.82, 2.24) is 4.90 Å². The van der Waals surface area contributed by atoms with E-state index in [0.29, 0.717) is 29.8 Å². The molecule has 0 aliphatic rings. The van der Waals surface area contributed by atoms with Gasteiger partial charge in [0.1, 0.15) is 17.1 Å². The fourth-order valence-electron chi connectivity index (χ4n) is 2.81. The molecule has 24 heavy (non-hydrogen) atoms. The summed E-state index contributed by atoms with van der Waals surface area (Å²) in [7, 11) is 1.86. The molecule has 3 rings (SSSR count). The maximum Gasteiger partial charge on any atom is 0.336 e. The van der Waals surface area contributed by atoms with Crippen molar-refractivity contribution in [2.24, 2.45) is 0 Å². The molecule has 0 fully saturated rings. The van der Waals surface area contributed by atoms with Crippen LogP contribution in [0.5, 0.6) is 5.75 Å². The van der Waals surface area contributed by atoms with E-state index in [1.807, 2.05) is 11.9 Å². The zero-order valence-electron chi connectivity index (χ0n) is 13.5. The van der Waals surface area contributed by atoms with Crippen LogP contribution < -0.4 is 5.63 Å². The molecule has 124 valence electrons. The lowest BCUT2D eigenvalue weighted by molar-refractivity contribution is 0.314. The van der Waals surface area contributed by atoms with Crippen LogP contribution in [0.1, 0.15) is 16.7 Å². The molecule has 1 aromatic heterocycles. The van der Waals surface area contributed by atoms with Crippen molar-refractivity contribution in [2.45, 2.75) is 20.0 Å². The molecule has 0 radical (unpaired) electrons. The van der Waals surface area contributed by atoms with Crippen LogP contribution >= 0.6 is 0 Å². The van der Waals surface area contributed by atoms with Gasteiger partial charge in [0.2, 0.25) is 0 Å². The highest BCUT2D eigenvalue weighted by atomic mass is 19.1. The first kappa shape index (κ1) is 16.2. The van der Waals surface area contributed by atoms with Crippen molar-refractivity contribution in [1.29, 1.82) is 0 Å². The summed E-state index contributed by atoms with van der Waals surface area (Å²) in [6, 6.07) is 11.4. The lowest BCUT2D eigenvalue weighted by atomic mass is 10.1. The molecule has 2 aromatic carbocycles. The minimum Gasteiger partial charge on any atom is -0.508 e. The molecule has 0 amide bonds. The Labute approximate surface area is 138 Å². The number of benzene rings is 2. The Hall–Kier alpha value is -2.66. The molecular weight excluding hydrogens is 309 g/mol. The molecular formula is C19H18FNO3. The first-order valence-corrected chi connectivity index (χ1v) is 7.63. The molecule has 0 saturated carbocycles. The van der Waals surface area contributed by atoms with E-state index in [1.165, 1.54) is 12.1 Å². The highest BCUT2D eigenvalue weighted by Crippen LogP contribution is 2.28. The third-order valence-corrected chi connectivity index (χ3v) is 4.06. The smallest absolute Gasteiger partial charge is 0.336 e. The second-order valence-corrected chi connectivity index (χ2v) is 5.94. The number of aryl methyl sites for hydroxylation is 1. The standard InChI is InChI=1S/C19H18FNO3/c1-12-17(22)8-7-15-14(9-18(23)24-19(12)15)11-21(2)10-13-5-3-4-6-16(13)20/h3-9,22H,10-11H2,1-2H3. The van der Waals surface area contributed by atoms with E-state index in [4.69, 9.17) is 4.42 Å². The minimum atomic E-state index is -0.467. The highest BCUT2D eigenvalue weighted by molar-refractivity contribution is 5.84. The van der Waals surface area contributed by atoms with Crippen molar-refractivity contribution < 1.29 is 13.9 Å². The summed E-state index contributed by atoms with van der Waals surface area (Å²) >= 11 is 0. The number of phenols is 1. The van der Waals surface area contributed by atoms with Crippen LogP contribution in [0.2, 0.25) is 0 Å². The average Bonchev–Trinajstić information content (AvgIpc) is 2.53. The van der Waals surface area contributed by atoms with Crippen LogP contribution in [-0.4, -0.2) is 17.1 Å². The summed E-state index contributed by atoms with van der Waals surface area (Å²) in [5, 5.41) is 10.6. The zero-order valence-corrected chi connectivity index (χ0v) is 13.5. The third-order valence-electron chi connectivity index (χ3n) is 4.06. The first-order chi connectivity index (χ1) is 11.5. The van der Waals surface area contributed by atoms with E-state index in [0.717, 1.165) is 10.9 Å². The van der Waals surface area contributed by atoms with Crippen molar-refractivity contribution in [3.8, 4) is 5.75 Å². The number of nitrogens with zero attached hydrogens (tertiary/aromatic N) is 1.